The molecule has 0 fully saturated rings. The van der Waals surface area contributed by atoms with Crippen LogP contribution in [0.3, 0.4) is 0 Å². The molecule has 0 N–H and O–H groups in total. The Morgan fingerprint density at radius 2 is 1.82 bits per heavy atom. The third kappa shape index (κ3) is 5.71. The fourth-order valence-corrected chi connectivity index (χ4v) is 1.14. The molecule has 1 rings (SSSR count). The molecule has 2 nitrogen and oxygen atoms in total. The predicted octanol–water partition coefficient (Wildman–Crippen LogP) is -1.09. The van der Waals surface area contributed by atoms with E-state index in [2.05, 4.69) is 4.74 Å². The number of benzene rings is 1. The van der Waals surface area contributed by atoms with Gasteiger partial charge in [0.25, 0.3) is 0 Å². The fourth-order valence-electron chi connectivity index (χ4n) is 1.14. The summed E-state index contributed by atoms with van der Waals surface area (Å²) in [5, 5.41) is 0. The second-order valence-electron chi connectivity index (χ2n) is 3.10. The zero-order valence-corrected chi connectivity index (χ0v) is 12.7. The summed E-state index contributed by atoms with van der Waals surface area (Å²) in [6.07, 6.45) is 0. The summed E-state index contributed by atoms with van der Waals surface area (Å²) in [7, 11) is 1.41. The van der Waals surface area contributed by atoms with Gasteiger partial charge in [-0.2, -0.15) is 0 Å². The normalized spacial score (nSPS) is 10.9. The van der Waals surface area contributed by atoms with Gasteiger partial charge >= 0.3 is 58.4 Å². The summed E-state index contributed by atoms with van der Waals surface area (Å²) < 4.78 is 59.8. The average Bonchev–Trinajstić information content (AvgIpc) is 2.19. The molecule has 1 aromatic carbocycles. The van der Waals surface area contributed by atoms with Crippen molar-refractivity contribution in [1.82, 2.24) is 0 Å². The summed E-state index contributed by atoms with van der Waals surface area (Å²) in [4.78, 5) is 0. The first-order valence-electron chi connectivity index (χ1n) is 4.56. The quantitative estimate of drug-likeness (QED) is 0.386. The Labute approximate surface area is 139 Å². The first kappa shape index (κ1) is 17.4. The van der Waals surface area contributed by atoms with E-state index in [1.807, 2.05) is 0 Å². The van der Waals surface area contributed by atoms with E-state index in [0.717, 1.165) is 12.1 Å². The van der Waals surface area contributed by atoms with Crippen molar-refractivity contribution < 1.29 is 78.2 Å². The van der Waals surface area contributed by atoms with Crippen molar-refractivity contribution in [3.63, 3.8) is 0 Å². The zero-order chi connectivity index (χ0) is 12.2. The van der Waals surface area contributed by atoms with Crippen LogP contribution in [-0.2, 0) is 4.74 Å². The minimum Gasteiger partial charge on any atom is -0.494 e. The minimum absolute atomic E-state index is 0. The molecule has 0 aliphatic rings. The van der Waals surface area contributed by atoms with Crippen LogP contribution in [-0.4, -0.2) is 27.3 Å². The van der Waals surface area contributed by atoms with Gasteiger partial charge in [-0.25, -0.2) is 4.39 Å². The van der Waals surface area contributed by atoms with Gasteiger partial charge in [-0.3, -0.25) is 0 Å². The van der Waals surface area contributed by atoms with E-state index in [1.54, 1.807) is 0 Å². The molecule has 0 aromatic heterocycles. The van der Waals surface area contributed by atoms with E-state index in [1.165, 1.54) is 7.11 Å². The molecule has 0 bridgehead atoms. The van der Waals surface area contributed by atoms with Crippen LogP contribution in [0.1, 0.15) is 0 Å². The van der Waals surface area contributed by atoms with E-state index in [4.69, 9.17) is 4.74 Å². The van der Waals surface area contributed by atoms with Crippen LogP contribution in [0.2, 0.25) is 0 Å². The van der Waals surface area contributed by atoms with Gasteiger partial charge in [0, 0.05) is 7.11 Å². The Bertz CT molecular complexity index is 359. The Kier molecular flexibility index (Phi) is 7.94. The Morgan fingerprint density at radius 3 is 2.35 bits per heavy atom. The standard InChI is InChI=1S/C9H10BF4O2.K/c1-15-4-5-16-9-3-2-7(11)6-8(9)10(12,13)14;/h2-3,6H,4-5H2,1H3;/q-1;+1. The summed E-state index contributed by atoms with van der Waals surface area (Å²) in [5.41, 5.74) is -1.06. The molecule has 0 saturated carbocycles. The minimum atomic E-state index is -5.28. The van der Waals surface area contributed by atoms with Crippen molar-refractivity contribution in [3.05, 3.63) is 24.0 Å². The second-order valence-corrected chi connectivity index (χ2v) is 3.10. The average molecular weight is 276 g/mol. The molecule has 0 heterocycles. The van der Waals surface area contributed by atoms with Crippen LogP contribution >= 0.6 is 0 Å². The van der Waals surface area contributed by atoms with E-state index >= 15 is 0 Å². The maximum atomic E-state index is 12.7. The number of methoxy groups -OCH3 is 1. The molecule has 0 unspecified atom stereocenters. The predicted molar refractivity (Wildman–Crippen MR) is 52.5 cm³/mol. The third-order valence-corrected chi connectivity index (χ3v) is 1.87. The van der Waals surface area contributed by atoms with Gasteiger partial charge in [0.05, 0.1) is 12.4 Å². The zero-order valence-electron chi connectivity index (χ0n) is 9.55. The molecule has 0 radical (unpaired) electrons. The summed E-state index contributed by atoms with van der Waals surface area (Å²) in [6.45, 7) is -5.13. The molecular formula is C9H10BF4KO2. The van der Waals surface area contributed by atoms with Gasteiger partial charge in [0.1, 0.15) is 12.4 Å². The Balaban J connectivity index is 0.00000256. The molecule has 0 aliphatic heterocycles. The Morgan fingerprint density at radius 1 is 1.18 bits per heavy atom. The molecule has 17 heavy (non-hydrogen) atoms. The van der Waals surface area contributed by atoms with Crippen LogP contribution in [0.4, 0.5) is 17.3 Å². The van der Waals surface area contributed by atoms with Gasteiger partial charge in [0.15, 0.2) is 0 Å². The number of halogens is 4. The van der Waals surface area contributed by atoms with Crippen LogP contribution in [0.5, 0.6) is 5.75 Å². The molecular weight excluding hydrogens is 266 g/mol. The topological polar surface area (TPSA) is 18.5 Å². The second kappa shape index (κ2) is 7.75. The maximum absolute atomic E-state index is 12.7. The van der Waals surface area contributed by atoms with Gasteiger partial charge in [-0.15, -0.1) is 0 Å². The van der Waals surface area contributed by atoms with Gasteiger partial charge in [-0.05, 0) is 18.2 Å². The van der Waals surface area contributed by atoms with Crippen molar-refractivity contribution in [2.75, 3.05) is 20.3 Å². The van der Waals surface area contributed by atoms with Crippen LogP contribution in [0, 0.1) is 5.82 Å². The molecule has 0 amide bonds. The summed E-state index contributed by atoms with van der Waals surface area (Å²) in [6, 6.07) is 2.32. The summed E-state index contributed by atoms with van der Waals surface area (Å²) in [5.74, 6) is -1.31. The fraction of sp³-hybridized carbons (Fsp3) is 0.333. The van der Waals surface area contributed by atoms with E-state index < -0.39 is 18.3 Å². The van der Waals surface area contributed by atoms with Crippen LogP contribution in [0.25, 0.3) is 0 Å². The van der Waals surface area contributed by atoms with E-state index in [9.17, 15) is 17.3 Å². The monoisotopic (exact) mass is 276 g/mol. The molecule has 0 spiro atoms. The molecule has 8 heteroatoms. The molecule has 90 valence electrons. The van der Waals surface area contributed by atoms with Gasteiger partial charge in [-0.1, -0.05) is 5.46 Å². The van der Waals surface area contributed by atoms with Crippen molar-refractivity contribution in [2.24, 2.45) is 0 Å². The number of ether oxygens (including phenoxy) is 2. The number of hydrogen-bond donors (Lipinski definition) is 0. The van der Waals surface area contributed by atoms with E-state index in [-0.39, 0.29) is 70.3 Å². The largest absolute Gasteiger partial charge is 1.00 e. The van der Waals surface area contributed by atoms with Crippen molar-refractivity contribution in [1.29, 1.82) is 0 Å². The number of rotatable bonds is 5. The molecule has 0 saturated heterocycles. The van der Waals surface area contributed by atoms with Gasteiger partial charge in [0.2, 0.25) is 0 Å². The first-order valence-corrected chi connectivity index (χ1v) is 4.56. The molecule has 0 aliphatic carbocycles. The van der Waals surface area contributed by atoms with E-state index in [0.29, 0.717) is 6.07 Å². The summed E-state index contributed by atoms with van der Waals surface area (Å²) >= 11 is 0. The SMILES string of the molecule is COCCOc1ccc(F)cc1[B-](F)(F)F.[K+]. The van der Waals surface area contributed by atoms with Crippen LogP contribution < -0.4 is 61.6 Å². The number of hydrogen-bond acceptors (Lipinski definition) is 2. The first-order chi connectivity index (χ1) is 7.45. The van der Waals surface area contributed by atoms with Crippen molar-refractivity contribution in [2.45, 2.75) is 0 Å². The van der Waals surface area contributed by atoms with Gasteiger partial charge < -0.3 is 22.4 Å². The molecule has 1 aromatic rings. The van der Waals surface area contributed by atoms with Crippen molar-refractivity contribution in [3.8, 4) is 5.75 Å². The smallest absolute Gasteiger partial charge is 0.494 e. The maximum Gasteiger partial charge on any atom is 1.00 e. The van der Waals surface area contributed by atoms with Crippen molar-refractivity contribution >= 4 is 12.4 Å². The Hall–Kier alpha value is 0.401. The third-order valence-electron chi connectivity index (χ3n) is 1.87. The molecule has 0 atom stereocenters. The van der Waals surface area contributed by atoms with Crippen LogP contribution in [0.15, 0.2) is 18.2 Å².